The molecule has 2 N–H and O–H groups in total. The zero-order chi connectivity index (χ0) is 14.7. The Balaban J connectivity index is 3.14. The highest BCUT2D eigenvalue weighted by molar-refractivity contribution is 5.81. The van der Waals surface area contributed by atoms with E-state index in [-0.39, 0.29) is 5.92 Å². The summed E-state index contributed by atoms with van der Waals surface area (Å²) in [5.74, 6) is 4.15. The van der Waals surface area contributed by atoms with Gasteiger partial charge in [0.2, 0.25) is 0 Å². The predicted molar refractivity (Wildman–Crippen MR) is 70.9 cm³/mol. The van der Waals surface area contributed by atoms with Crippen molar-refractivity contribution < 1.29 is 15.0 Å². The molecule has 102 valence electrons. The minimum atomic E-state index is -1.40. The highest BCUT2D eigenvalue weighted by Crippen LogP contribution is 2.51. The quantitative estimate of drug-likeness (QED) is 0.602. The molecular formula is C15H19NO3. The van der Waals surface area contributed by atoms with Crippen molar-refractivity contribution >= 4 is 5.97 Å². The van der Waals surface area contributed by atoms with Crippen LogP contribution in [0.2, 0.25) is 0 Å². The zero-order valence-corrected chi connectivity index (χ0v) is 11.5. The minimum Gasteiger partial charge on any atom is -0.478 e. The summed E-state index contributed by atoms with van der Waals surface area (Å²) in [7, 11) is 0. The topological polar surface area (TPSA) is 81.3 Å². The summed E-state index contributed by atoms with van der Waals surface area (Å²) in [5, 5.41) is 28.7. The lowest BCUT2D eigenvalue weighted by molar-refractivity contribution is -0.131. The first kappa shape index (κ1) is 15.3. The molecule has 1 aliphatic carbocycles. The summed E-state index contributed by atoms with van der Waals surface area (Å²) in [6.07, 6.45) is 3.17. The van der Waals surface area contributed by atoms with Crippen molar-refractivity contribution in [3.05, 3.63) is 11.6 Å². The normalized spacial score (nSPS) is 20.5. The molecule has 0 radical (unpaired) electrons. The molecule has 0 bridgehead atoms. The number of hydrogen-bond acceptors (Lipinski definition) is 3. The van der Waals surface area contributed by atoms with E-state index in [1.54, 1.807) is 6.92 Å². The molecule has 4 nitrogen and oxygen atoms in total. The van der Waals surface area contributed by atoms with Gasteiger partial charge in [-0.15, -0.1) is 0 Å². The van der Waals surface area contributed by atoms with Gasteiger partial charge in [-0.1, -0.05) is 25.7 Å². The van der Waals surface area contributed by atoms with Crippen LogP contribution in [0, 0.1) is 34.5 Å². The molecule has 1 rings (SSSR count). The molecule has 0 aromatic heterocycles. The number of aliphatic carboxylic acids is 1. The van der Waals surface area contributed by atoms with Gasteiger partial charge in [-0.2, -0.15) is 5.26 Å². The van der Waals surface area contributed by atoms with Crippen LogP contribution in [0.3, 0.4) is 0 Å². The Morgan fingerprint density at radius 1 is 1.47 bits per heavy atom. The van der Waals surface area contributed by atoms with Gasteiger partial charge in [0.15, 0.2) is 0 Å². The number of carboxylic acid groups (broad SMARTS) is 1. The highest BCUT2D eigenvalue weighted by Gasteiger charge is 2.55. The third kappa shape index (κ3) is 2.80. The van der Waals surface area contributed by atoms with Crippen molar-refractivity contribution in [3.8, 4) is 17.9 Å². The average molecular weight is 261 g/mol. The molecule has 1 aliphatic rings. The minimum absolute atomic E-state index is 0.197. The van der Waals surface area contributed by atoms with Gasteiger partial charge in [0.1, 0.15) is 5.60 Å². The van der Waals surface area contributed by atoms with Crippen molar-refractivity contribution in [2.75, 3.05) is 0 Å². The van der Waals surface area contributed by atoms with Gasteiger partial charge in [-0.25, -0.2) is 4.79 Å². The molecule has 19 heavy (non-hydrogen) atoms. The Morgan fingerprint density at radius 3 is 2.37 bits per heavy atom. The Labute approximate surface area is 113 Å². The van der Waals surface area contributed by atoms with E-state index in [0.717, 1.165) is 12.5 Å². The average Bonchev–Trinajstić information content (AvgIpc) is 2.24. The van der Waals surface area contributed by atoms with Crippen molar-refractivity contribution in [1.82, 2.24) is 0 Å². The van der Waals surface area contributed by atoms with E-state index in [9.17, 15) is 15.2 Å². The number of nitriles is 1. The summed E-state index contributed by atoms with van der Waals surface area (Å²) in [4.78, 5) is 10.5. The van der Waals surface area contributed by atoms with E-state index in [4.69, 9.17) is 5.11 Å². The lowest BCUT2D eigenvalue weighted by atomic mass is 9.56. The van der Waals surface area contributed by atoms with Gasteiger partial charge >= 0.3 is 5.97 Å². The SMILES string of the molecule is C/C(C#C[C@](O)(C(C)C)C1(C#N)CCC1)=C/C(=O)O. The Hall–Kier alpha value is -1.78. The number of rotatable bonds is 3. The maximum Gasteiger partial charge on any atom is 0.329 e. The lowest BCUT2D eigenvalue weighted by Crippen LogP contribution is -2.54. The number of hydrogen-bond donors (Lipinski definition) is 2. The molecule has 0 amide bonds. The number of allylic oxidation sites excluding steroid dienone is 1. The number of aliphatic hydroxyl groups is 1. The highest BCUT2D eigenvalue weighted by atomic mass is 16.4. The maximum absolute atomic E-state index is 10.8. The van der Waals surface area contributed by atoms with Gasteiger partial charge in [0.25, 0.3) is 0 Å². The molecule has 1 saturated carbocycles. The summed E-state index contributed by atoms with van der Waals surface area (Å²) in [6, 6.07) is 2.21. The van der Waals surface area contributed by atoms with E-state index in [0.29, 0.717) is 18.4 Å². The standard InChI is InChI=1S/C15H19NO3/c1-11(2)15(19,14(10-16)6-4-7-14)8-5-12(3)9-13(17)18/h9,11,19H,4,6-7H2,1-3H3,(H,17,18)/b12-9-/t15-/m0/s1. The summed E-state index contributed by atoms with van der Waals surface area (Å²) in [6.45, 7) is 5.21. The van der Waals surface area contributed by atoms with Crippen LogP contribution < -0.4 is 0 Å². The third-order valence-corrected chi connectivity index (χ3v) is 3.78. The molecule has 1 fully saturated rings. The van der Waals surface area contributed by atoms with E-state index in [1.807, 2.05) is 13.8 Å². The molecule has 0 saturated heterocycles. The van der Waals surface area contributed by atoms with Crippen molar-refractivity contribution in [2.45, 2.75) is 45.6 Å². The van der Waals surface area contributed by atoms with Crippen LogP contribution in [0.5, 0.6) is 0 Å². The monoisotopic (exact) mass is 261 g/mol. The van der Waals surface area contributed by atoms with Crippen LogP contribution in [0.4, 0.5) is 0 Å². The van der Waals surface area contributed by atoms with Crippen LogP contribution in [0.1, 0.15) is 40.0 Å². The zero-order valence-electron chi connectivity index (χ0n) is 11.5. The van der Waals surface area contributed by atoms with Crippen LogP contribution >= 0.6 is 0 Å². The first-order chi connectivity index (χ1) is 8.77. The largest absolute Gasteiger partial charge is 0.478 e. The fraction of sp³-hybridized carbons (Fsp3) is 0.600. The van der Waals surface area contributed by atoms with Crippen molar-refractivity contribution in [3.63, 3.8) is 0 Å². The lowest BCUT2D eigenvalue weighted by Gasteiger charge is -2.47. The molecule has 4 heteroatoms. The Bertz CT molecular complexity index is 498. The molecule has 0 heterocycles. The predicted octanol–water partition coefficient (Wildman–Crippen LogP) is 2.10. The number of carbonyl (C=O) groups is 1. The van der Waals surface area contributed by atoms with Crippen LogP contribution in [-0.2, 0) is 4.79 Å². The first-order valence-electron chi connectivity index (χ1n) is 6.35. The molecule has 1 atom stereocenters. The molecule has 0 unspecified atom stereocenters. The smallest absolute Gasteiger partial charge is 0.329 e. The fourth-order valence-electron chi connectivity index (χ4n) is 2.34. The molecule has 0 aromatic carbocycles. The van der Waals surface area contributed by atoms with E-state index in [2.05, 4.69) is 17.9 Å². The van der Waals surface area contributed by atoms with Crippen molar-refractivity contribution in [1.29, 1.82) is 5.26 Å². The van der Waals surface area contributed by atoms with Gasteiger partial charge in [0.05, 0.1) is 11.5 Å². The fourth-order valence-corrected chi connectivity index (χ4v) is 2.34. The number of nitrogens with zero attached hydrogens (tertiary/aromatic N) is 1. The Kier molecular flexibility index (Phi) is 4.39. The number of carboxylic acids is 1. The third-order valence-electron chi connectivity index (χ3n) is 3.78. The van der Waals surface area contributed by atoms with E-state index >= 15 is 0 Å². The van der Waals surface area contributed by atoms with Gasteiger partial charge in [0, 0.05) is 11.6 Å². The van der Waals surface area contributed by atoms with E-state index < -0.39 is 17.0 Å². The second kappa shape index (κ2) is 5.47. The maximum atomic E-state index is 10.8. The Morgan fingerprint density at radius 2 is 2.05 bits per heavy atom. The van der Waals surface area contributed by atoms with Crippen molar-refractivity contribution in [2.24, 2.45) is 11.3 Å². The van der Waals surface area contributed by atoms with Crippen LogP contribution in [0.15, 0.2) is 11.6 Å². The summed E-state index contributed by atoms with van der Waals surface area (Å²) < 4.78 is 0. The summed E-state index contributed by atoms with van der Waals surface area (Å²) in [5.41, 5.74) is -1.86. The second-order valence-corrected chi connectivity index (χ2v) is 5.38. The molecule has 0 aromatic rings. The van der Waals surface area contributed by atoms with Crippen LogP contribution in [0.25, 0.3) is 0 Å². The summed E-state index contributed by atoms with van der Waals surface area (Å²) >= 11 is 0. The molecule has 0 spiro atoms. The second-order valence-electron chi connectivity index (χ2n) is 5.38. The molecular weight excluding hydrogens is 242 g/mol. The van der Waals surface area contributed by atoms with Gasteiger partial charge in [-0.05, 0) is 32.1 Å². The van der Waals surface area contributed by atoms with E-state index in [1.165, 1.54) is 0 Å². The van der Waals surface area contributed by atoms with Crippen LogP contribution in [-0.4, -0.2) is 21.8 Å². The van der Waals surface area contributed by atoms with Gasteiger partial charge in [-0.3, -0.25) is 0 Å². The first-order valence-corrected chi connectivity index (χ1v) is 6.35. The molecule has 0 aliphatic heterocycles. The van der Waals surface area contributed by atoms with Gasteiger partial charge < -0.3 is 10.2 Å².